The summed E-state index contributed by atoms with van der Waals surface area (Å²) in [7, 11) is -3.00. The van der Waals surface area contributed by atoms with Crippen molar-refractivity contribution in [1.82, 2.24) is 0 Å². The molecule has 1 fully saturated rings. The summed E-state index contributed by atoms with van der Waals surface area (Å²) in [6.45, 7) is 0. The van der Waals surface area contributed by atoms with Gasteiger partial charge in [0, 0.05) is 9.50 Å². The van der Waals surface area contributed by atoms with Crippen molar-refractivity contribution in [3.8, 4) is 0 Å². The van der Waals surface area contributed by atoms with E-state index in [1.165, 1.54) is 0 Å². The quantitative estimate of drug-likeness (QED) is 0.852. The first kappa shape index (κ1) is 12.4. The maximum atomic E-state index is 12.0. The van der Waals surface area contributed by atoms with E-state index < -0.39 is 9.84 Å². The van der Waals surface area contributed by atoms with E-state index in [1.54, 1.807) is 18.2 Å². The molecule has 1 aromatic rings. The molecular formula is C11H12BrClO2S. The fourth-order valence-corrected chi connectivity index (χ4v) is 4.45. The highest BCUT2D eigenvalue weighted by molar-refractivity contribution is 9.10. The van der Waals surface area contributed by atoms with Crippen molar-refractivity contribution in [2.75, 3.05) is 0 Å². The van der Waals surface area contributed by atoms with Crippen molar-refractivity contribution in [2.24, 2.45) is 0 Å². The third kappa shape index (κ3) is 2.60. The molecule has 16 heavy (non-hydrogen) atoms. The normalized spacial score (nSPS) is 17.1. The van der Waals surface area contributed by atoms with E-state index >= 15 is 0 Å². The zero-order valence-corrected chi connectivity index (χ0v) is 11.8. The lowest BCUT2D eigenvalue weighted by Crippen LogP contribution is -2.29. The SMILES string of the molecule is O=S(=O)(Cc1cc(Cl)ccc1Br)C1CCC1. The number of benzene rings is 1. The van der Waals surface area contributed by atoms with Gasteiger partial charge in [-0.25, -0.2) is 8.42 Å². The highest BCUT2D eigenvalue weighted by Crippen LogP contribution is 2.31. The molecule has 0 saturated heterocycles. The van der Waals surface area contributed by atoms with Gasteiger partial charge in [-0.3, -0.25) is 0 Å². The topological polar surface area (TPSA) is 34.1 Å². The maximum absolute atomic E-state index is 12.0. The van der Waals surface area contributed by atoms with Crippen LogP contribution < -0.4 is 0 Å². The Morgan fingerprint density at radius 1 is 1.38 bits per heavy atom. The molecule has 5 heteroatoms. The van der Waals surface area contributed by atoms with Crippen LogP contribution in [0.1, 0.15) is 24.8 Å². The van der Waals surface area contributed by atoms with E-state index in [2.05, 4.69) is 15.9 Å². The van der Waals surface area contributed by atoms with Crippen molar-refractivity contribution < 1.29 is 8.42 Å². The lowest BCUT2D eigenvalue weighted by atomic mass is 10.00. The lowest BCUT2D eigenvalue weighted by molar-refractivity contribution is 0.476. The van der Waals surface area contributed by atoms with Gasteiger partial charge in [-0.05, 0) is 36.6 Å². The molecule has 2 nitrogen and oxygen atoms in total. The summed E-state index contributed by atoms with van der Waals surface area (Å²) in [4.78, 5) is 0. The van der Waals surface area contributed by atoms with E-state index in [9.17, 15) is 8.42 Å². The van der Waals surface area contributed by atoms with Crippen LogP contribution in [0.5, 0.6) is 0 Å². The molecule has 1 aliphatic rings. The first-order valence-corrected chi connectivity index (χ1v) is 8.03. The molecule has 88 valence electrons. The molecule has 0 spiro atoms. The van der Waals surface area contributed by atoms with Crippen molar-refractivity contribution in [3.05, 3.63) is 33.3 Å². The molecule has 1 saturated carbocycles. The van der Waals surface area contributed by atoms with E-state index in [-0.39, 0.29) is 11.0 Å². The van der Waals surface area contributed by atoms with E-state index in [0.717, 1.165) is 29.3 Å². The molecule has 0 unspecified atom stereocenters. The Morgan fingerprint density at radius 2 is 2.06 bits per heavy atom. The second kappa shape index (κ2) is 4.67. The predicted octanol–water partition coefficient (Wildman–Crippen LogP) is 3.57. The monoisotopic (exact) mass is 322 g/mol. The van der Waals surface area contributed by atoms with Crippen molar-refractivity contribution in [1.29, 1.82) is 0 Å². The standard InChI is InChI=1S/C11H12BrClO2S/c12-11-5-4-9(13)6-8(11)7-16(14,15)10-2-1-3-10/h4-6,10H,1-3,7H2. The van der Waals surface area contributed by atoms with Gasteiger partial charge in [-0.1, -0.05) is 34.0 Å². The third-order valence-corrected chi connectivity index (χ3v) is 6.13. The second-order valence-corrected chi connectivity index (χ2v) is 7.67. The molecule has 1 aliphatic carbocycles. The van der Waals surface area contributed by atoms with Gasteiger partial charge in [0.05, 0.1) is 11.0 Å². The van der Waals surface area contributed by atoms with Crippen LogP contribution in [0, 0.1) is 0 Å². The fraction of sp³-hybridized carbons (Fsp3) is 0.455. The van der Waals surface area contributed by atoms with Gasteiger partial charge < -0.3 is 0 Å². The van der Waals surface area contributed by atoms with E-state index in [1.807, 2.05) is 0 Å². The summed E-state index contributed by atoms with van der Waals surface area (Å²) in [6, 6.07) is 5.24. The zero-order valence-electron chi connectivity index (χ0n) is 8.62. The van der Waals surface area contributed by atoms with Crippen LogP contribution in [-0.2, 0) is 15.6 Å². The van der Waals surface area contributed by atoms with Crippen LogP contribution in [0.3, 0.4) is 0 Å². The summed E-state index contributed by atoms with van der Waals surface area (Å²) in [5, 5.41) is 0.431. The smallest absolute Gasteiger partial charge is 0.157 e. The molecule has 0 bridgehead atoms. The Labute approximate surface area is 109 Å². The van der Waals surface area contributed by atoms with Crippen LogP contribution >= 0.6 is 27.5 Å². The van der Waals surface area contributed by atoms with Crippen LogP contribution in [0.4, 0.5) is 0 Å². The summed E-state index contributed by atoms with van der Waals surface area (Å²) >= 11 is 9.21. The number of hydrogen-bond donors (Lipinski definition) is 0. The first-order chi connectivity index (χ1) is 7.49. The fourth-order valence-electron chi connectivity index (χ4n) is 1.72. The van der Waals surface area contributed by atoms with Crippen LogP contribution in [0.2, 0.25) is 5.02 Å². The molecule has 0 heterocycles. The molecule has 0 aromatic heterocycles. The Bertz CT molecular complexity index is 495. The van der Waals surface area contributed by atoms with Crippen molar-refractivity contribution in [2.45, 2.75) is 30.3 Å². The van der Waals surface area contributed by atoms with Crippen molar-refractivity contribution in [3.63, 3.8) is 0 Å². The molecule has 0 aliphatic heterocycles. The number of sulfone groups is 1. The summed E-state index contributed by atoms with van der Waals surface area (Å²) in [6.07, 6.45) is 2.64. The molecule has 0 atom stereocenters. The third-order valence-electron chi connectivity index (χ3n) is 2.92. The average molecular weight is 324 g/mol. The van der Waals surface area contributed by atoms with E-state index in [4.69, 9.17) is 11.6 Å². The Kier molecular flexibility index (Phi) is 3.62. The Morgan fingerprint density at radius 3 is 2.62 bits per heavy atom. The summed E-state index contributed by atoms with van der Waals surface area (Å²) in [5.41, 5.74) is 0.749. The minimum Gasteiger partial charge on any atom is -0.228 e. The minimum absolute atomic E-state index is 0.0822. The van der Waals surface area contributed by atoms with Crippen LogP contribution in [0.15, 0.2) is 22.7 Å². The number of rotatable bonds is 3. The number of hydrogen-bond acceptors (Lipinski definition) is 2. The Hall–Kier alpha value is -0.0600. The highest BCUT2D eigenvalue weighted by Gasteiger charge is 2.31. The largest absolute Gasteiger partial charge is 0.228 e. The molecule has 2 rings (SSSR count). The summed E-state index contributed by atoms with van der Waals surface area (Å²) < 4.78 is 24.8. The molecule has 0 amide bonds. The van der Waals surface area contributed by atoms with Gasteiger partial charge in [0.1, 0.15) is 0 Å². The van der Waals surface area contributed by atoms with Gasteiger partial charge in [-0.2, -0.15) is 0 Å². The van der Waals surface area contributed by atoms with Gasteiger partial charge in [0.15, 0.2) is 9.84 Å². The van der Waals surface area contributed by atoms with Crippen LogP contribution in [0.25, 0.3) is 0 Å². The minimum atomic E-state index is -3.00. The number of halogens is 2. The predicted molar refractivity (Wildman–Crippen MR) is 69.4 cm³/mol. The van der Waals surface area contributed by atoms with Gasteiger partial charge >= 0.3 is 0 Å². The zero-order chi connectivity index (χ0) is 11.8. The Balaban J connectivity index is 2.23. The summed E-state index contributed by atoms with van der Waals surface area (Å²) in [5.74, 6) is 0.0822. The molecule has 1 aromatic carbocycles. The van der Waals surface area contributed by atoms with Crippen LogP contribution in [-0.4, -0.2) is 13.7 Å². The molecule has 0 radical (unpaired) electrons. The lowest BCUT2D eigenvalue weighted by Gasteiger charge is -2.25. The van der Waals surface area contributed by atoms with E-state index in [0.29, 0.717) is 5.02 Å². The van der Waals surface area contributed by atoms with Gasteiger partial charge in [0.25, 0.3) is 0 Å². The molecule has 0 N–H and O–H groups in total. The average Bonchev–Trinajstić information content (AvgIpc) is 2.06. The van der Waals surface area contributed by atoms with Crippen molar-refractivity contribution >= 4 is 37.4 Å². The van der Waals surface area contributed by atoms with Gasteiger partial charge in [-0.15, -0.1) is 0 Å². The molecular weight excluding hydrogens is 312 g/mol. The van der Waals surface area contributed by atoms with Gasteiger partial charge in [0.2, 0.25) is 0 Å². The second-order valence-electron chi connectivity index (χ2n) is 4.10. The first-order valence-electron chi connectivity index (χ1n) is 5.14. The highest BCUT2D eigenvalue weighted by atomic mass is 79.9. The maximum Gasteiger partial charge on any atom is 0.157 e.